The van der Waals surface area contributed by atoms with Gasteiger partial charge < -0.3 is 19.7 Å². The Kier molecular flexibility index (Phi) is 4.75. The average molecular weight is 279 g/mol. The fourth-order valence-electron chi connectivity index (χ4n) is 1.36. The Morgan fingerprint density at radius 1 is 1.61 bits per heavy atom. The number of ether oxygens (including phenoxy) is 2. The maximum atomic E-state index is 13.4. The van der Waals surface area contributed by atoms with E-state index in [2.05, 4.69) is 4.74 Å². The number of carbonyl (C=O) groups is 1. The van der Waals surface area contributed by atoms with Crippen LogP contribution in [0.5, 0.6) is 11.5 Å². The molecule has 100 valence electrons. The first-order chi connectivity index (χ1) is 8.43. The predicted octanol–water partition coefficient (Wildman–Crippen LogP) is 1.79. The molecule has 0 heterocycles. The summed E-state index contributed by atoms with van der Waals surface area (Å²) in [6.45, 7) is 1.57. The van der Waals surface area contributed by atoms with E-state index < -0.39 is 34.2 Å². The van der Waals surface area contributed by atoms with Crippen molar-refractivity contribution in [3.05, 3.63) is 22.5 Å². The highest BCUT2D eigenvalue weighted by Gasteiger charge is 2.29. The molecule has 0 bridgehead atoms. The average Bonchev–Trinajstić information content (AvgIpc) is 2.34. The molecule has 0 saturated carbocycles. The second-order valence-electron chi connectivity index (χ2n) is 3.29. The number of halogens is 2. The number of benzene rings is 1. The van der Waals surface area contributed by atoms with E-state index in [-0.39, 0.29) is 12.4 Å². The molecule has 2 N–H and O–H groups in total. The summed E-state index contributed by atoms with van der Waals surface area (Å²) >= 11 is 5.61. The lowest BCUT2D eigenvalue weighted by molar-refractivity contribution is -0.153. The maximum absolute atomic E-state index is 13.4. The molecule has 0 fully saturated rings. The Bertz CT molecular complexity index is 463. The third-order valence-corrected chi connectivity index (χ3v) is 2.58. The van der Waals surface area contributed by atoms with E-state index in [4.69, 9.17) is 16.3 Å². The van der Waals surface area contributed by atoms with Crippen LogP contribution in [0.3, 0.4) is 0 Å². The van der Waals surface area contributed by atoms with Gasteiger partial charge in [0.15, 0.2) is 17.6 Å². The fraction of sp³-hybridized carbons (Fsp3) is 0.364. The summed E-state index contributed by atoms with van der Waals surface area (Å²) in [7, 11) is 1.20. The van der Waals surface area contributed by atoms with Crippen molar-refractivity contribution in [2.45, 2.75) is 13.0 Å². The topological polar surface area (TPSA) is 76.0 Å². The van der Waals surface area contributed by atoms with Crippen LogP contribution in [0, 0.1) is 5.82 Å². The van der Waals surface area contributed by atoms with E-state index in [1.165, 1.54) is 14.0 Å². The van der Waals surface area contributed by atoms with Crippen LogP contribution in [0.1, 0.15) is 18.6 Å². The van der Waals surface area contributed by atoms with E-state index in [0.29, 0.717) is 0 Å². The minimum absolute atomic E-state index is 0.0285. The summed E-state index contributed by atoms with van der Waals surface area (Å²) in [5.41, 5.74) is -0.480. The molecule has 0 radical (unpaired) electrons. The first kappa shape index (κ1) is 14.5. The van der Waals surface area contributed by atoms with Gasteiger partial charge in [-0.1, -0.05) is 11.6 Å². The molecule has 0 aliphatic carbocycles. The van der Waals surface area contributed by atoms with Gasteiger partial charge >= 0.3 is 5.97 Å². The van der Waals surface area contributed by atoms with Crippen LogP contribution in [-0.4, -0.2) is 29.9 Å². The zero-order valence-electron chi connectivity index (χ0n) is 9.74. The van der Waals surface area contributed by atoms with Gasteiger partial charge in [-0.3, -0.25) is 0 Å². The number of carbonyl (C=O) groups excluding carboxylic acids is 1. The number of methoxy groups -OCH3 is 1. The molecule has 1 unspecified atom stereocenters. The number of esters is 1. The van der Waals surface area contributed by atoms with Crippen LogP contribution in [-0.2, 0) is 9.53 Å². The molecule has 18 heavy (non-hydrogen) atoms. The molecular formula is C11H12ClFO5. The lowest BCUT2D eigenvalue weighted by Gasteiger charge is -2.15. The molecule has 1 aromatic rings. The molecule has 0 aliphatic heterocycles. The van der Waals surface area contributed by atoms with Gasteiger partial charge in [0.1, 0.15) is 5.82 Å². The Morgan fingerprint density at radius 3 is 2.72 bits per heavy atom. The van der Waals surface area contributed by atoms with Gasteiger partial charge in [-0.2, -0.15) is 0 Å². The van der Waals surface area contributed by atoms with Crippen LogP contribution < -0.4 is 4.74 Å². The van der Waals surface area contributed by atoms with Crippen LogP contribution in [0.4, 0.5) is 4.39 Å². The number of rotatable bonds is 4. The van der Waals surface area contributed by atoms with Crippen molar-refractivity contribution in [3.63, 3.8) is 0 Å². The van der Waals surface area contributed by atoms with Gasteiger partial charge in [0.2, 0.25) is 0 Å². The van der Waals surface area contributed by atoms with Crippen LogP contribution in [0.25, 0.3) is 0 Å². The van der Waals surface area contributed by atoms with Gasteiger partial charge in [-0.25, -0.2) is 9.18 Å². The van der Waals surface area contributed by atoms with Crippen molar-refractivity contribution in [2.75, 3.05) is 13.7 Å². The quantitative estimate of drug-likeness (QED) is 0.821. The number of aliphatic hydroxyl groups excluding tert-OH is 1. The molecule has 1 aromatic carbocycles. The Balaban J connectivity index is 3.30. The van der Waals surface area contributed by atoms with Crippen LogP contribution in [0.2, 0.25) is 5.02 Å². The van der Waals surface area contributed by atoms with Gasteiger partial charge in [0.05, 0.1) is 24.3 Å². The van der Waals surface area contributed by atoms with Gasteiger partial charge in [0, 0.05) is 6.07 Å². The zero-order valence-corrected chi connectivity index (χ0v) is 10.5. The fourth-order valence-corrected chi connectivity index (χ4v) is 1.60. The second-order valence-corrected chi connectivity index (χ2v) is 3.67. The number of aliphatic hydroxyl groups is 1. The van der Waals surface area contributed by atoms with Crippen LogP contribution >= 0.6 is 11.6 Å². The Hall–Kier alpha value is -1.53. The first-order valence-corrected chi connectivity index (χ1v) is 5.41. The third kappa shape index (κ3) is 2.65. The molecule has 7 heteroatoms. The zero-order chi connectivity index (χ0) is 13.9. The Morgan fingerprint density at radius 2 is 2.22 bits per heavy atom. The molecule has 0 spiro atoms. The summed E-state index contributed by atoms with van der Waals surface area (Å²) in [6, 6.07) is 0.846. The summed E-state index contributed by atoms with van der Waals surface area (Å²) in [6.07, 6.45) is -1.89. The van der Waals surface area contributed by atoms with E-state index in [1.807, 2.05) is 0 Å². The highest BCUT2D eigenvalue weighted by molar-refractivity contribution is 6.32. The predicted molar refractivity (Wildman–Crippen MR) is 61.2 cm³/mol. The smallest absolute Gasteiger partial charge is 0.339 e. The molecule has 1 atom stereocenters. The standard InChI is InChI=1S/C11H12ClFO5/c1-3-18-11(16)10(15)7-8(12)5(13)4-6(17-2)9(7)14/h4,10,14-15H,3H2,1-2H3. The van der Waals surface area contributed by atoms with Crippen molar-refractivity contribution >= 4 is 17.6 Å². The lowest BCUT2D eigenvalue weighted by Crippen LogP contribution is -2.16. The summed E-state index contributed by atoms with van der Waals surface area (Å²) in [4.78, 5) is 11.4. The summed E-state index contributed by atoms with van der Waals surface area (Å²) < 4.78 is 22.7. The number of hydrogen-bond acceptors (Lipinski definition) is 5. The molecule has 5 nitrogen and oxygen atoms in total. The Labute approximate surface area is 108 Å². The lowest BCUT2D eigenvalue weighted by atomic mass is 10.1. The van der Waals surface area contributed by atoms with Gasteiger partial charge in [0.25, 0.3) is 0 Å². The molecular weight excluding hydrogens is 267 g/mol. The number of aromatic hydroxyl groups is 1. The largest absolute Gasteiger partial charge is 0.504 e. The second kappa shape index (κ2) is 5.88. The van der Waals surface area contributed by atoms with E-state index in [0.717, 1.165) is 6.07 Å². The minimum Gasteiger partial charge on any atom is -0.504 e. The van der Waals surface area contributed by atoms with Gasteiger partial charge in [-0.05, 0) is 6.92 Å². The number of phenolic OH excluding ortho intramolecular Hbond substituents is 1. The maximum Gasteiger partial charge on any atom is 0.339 e. The van der Waals surface area contributed by atoms with Crippen LogP contribution in [0.15, 0.2) is 6.07 Å². The molecule has 0 aliphatic rings. The SMILES string of the molecule is CCOC(=O)C(O)c1c(O)c(OC)cc(F)c1Cl. The van der Waals surface area contributed by atoms with Crippen molar-refractivity contribution < 1.29 is 28.9 Å². The molecule has 0 saturated heterocycles. The summed E-state index contributed by atoms with van der Waals surface area (Å²) in [5.74, 6) is -2.81. The van der Waals surface area contributed by atoms with Crippen molar-refractivity contribution in [1.82, 2.24) is 0 Å². The molecule has 0 aromatic heterocycles. The van der Waals surface area contributed by atoms with E-state index in [9.17, 15) is 19.4 Å². The first-order valence-electron chi connectivity index (χ1n) is 5.03. The molecule has 0 amide bonds. The molecule has 1 rings (SSSR count). The van der Waals surface area contributed by atoms with Crippen molar-refractivity contribution in [2.24, 2.45) is 0 Å². The van der Waals surface area contributed by atoms with E-state index in [1.54, 1.807) is 0 Å². The third-order valence-electron chi connectivity index (χ3n) is 2.20. The summed E-state index contributed by atoms with van der Waals surface area (Å²) in [5, 5.41) is 18.9. The highest BCUT2D eigenvalue weighted by atomic mass is 35.5. The minimum atomic E-state index is -1.89. The normalized spacial score (nSPS) is 12.1. The van der Waals surface area contributed by atoms with Gasteiger partial charge in [-0.15, -0.1) is 0 Å². The number of hydrogen-bond donors (Lipinski definition) is 2. The number of phenols is 1. The van der Waals surface area contributed by atoms with Crippen molar-refractivity contribution in [1.29, 1.82) is 0 Å². The van der Waals surface area contributed by atoms with Crippen molar-refractivity contribution in [3.8, 4) is 11.5 Å². The highest BCUT2D eigenvalue weighted by Crippen LogP contribution is 2.40. The monoisotopic (exact) mass is 278 g/mol. The van der Waals surface area contributed by atoms with E-state index >= 15 is 0 Å².